The highest BCUT2D eigenvalue weighted by Gasteiger charge is 2.18. The van der Waals surface area contributed by atoms with Gasteiger partial charge < -0.3 is 15.3 Å². The number of aliphatic hydroxyl groups excluding tert-OH is 1. The third kappa shape index (κ3) is 4.81. The minimum absolute atomic E-state index is 0.159. The molecule has 118 valence electrons. The van der Waals surface area contributed by atoms with Crippen LogP contribution < -0.4 is 5.32 Å². The van der Waals surface area contributed by atoms with E-state index in [0.717, 1.165) is 31.7 Å². The molecule has 2 N–H and O–H groups in total. The lowest BCUT2D eigenvalue weighted by molar-refractivity contribution is -0.115. The Kier molecular flexibility index (Phi) is 5.90. The van der Waals surface area contributed by atoms with Gasteiger partial charge in [0, 0.05) is 38.4 Å². The van der Waals surface area contributed by atoms with E-state index >= 15 is 0 Å². The number of likely N-dealkylation sites (N-methyl/N-ethyl adjacent to an activating group) is 1. The van der Waals surface area contributed by atoms with E-state index in [-0.39, 0.29) is 12.3 Å². The molecule has 0 bridgehead atoms. The van der Waals surface area contributed by atoms with E-state index in [1.807, 2.05) is 12.1 Å². The highest BCUT2D eigenvalue weighted by atomic mass is 16.3. The molecule has 22 heavy (non-hydrogen) atoms. The van der Waals surface area contributed by atoms with Crippen molar-refractivity contribution < 1.29 is 9.90 Å². The Balaban J connectivity index is 1.87. The number of nitriles is 1. The third-order valence-corrected chi connectivity index (χ3v) is 3.85. The quantitative estimate of drug-likeness (QED) is 0.842. The smallest absolute Gasteiger partial charge is 0.238 e. The van der Waals surface area contributed by atoms with Crippen molar-refractivity contribution in [3.05, 3.63) is 29.8 Å². The summed E-state index contributed by atoms with van der Waals surface area (Å²) in [6.45, 7) is 4.60. The average molecular weight is 302 g/mol. The number of hydrogen-bond acceptors (Lipinski definition) is 5. The van der Waals surface area contributed by atoms with Crippen molar-refractivity contribution in [2.24, 2.45) is 0 Å². The summed E-state index contributed by atoms with van der Waals surface area (Å²) in [6.07, 6.45) is -0.694. The predicted octanol–water partition coefficient (Wildman–Crippen LogP) is 0.820. The first-order chi connectivity index (χ1) is 10.6. The van der Waals surface area contributed by atoms with Crippen LogP contribution in [0.2, 0.25) is 0 Å². The van der Waals surface area contributed by atoms with E-state index in [0.29, 0.717) is 12.2 Å². The number of anilines is 1. The molecule has 0 spiro atoms. The van der Waals surface area contributed by atoms with Gasteiger partial charge in [-0.1, -0.05) is 12.1 Å². The molecule has 0 saturated carbocycles. The number of nitrogens with zero attached hydrogens (tertiary/aromatic N) is 3. The molecule has 1 heterocycles. The van der Waals surface area contributed by atoms with Crippen molar-refractivity contribution in [3.63, 3.8) is 0 Å². The number of hydrogen-bond donors (Lipinski definition) is 2. The minimum atomic E-state index is -0.535. The molecule has 1 aliphatic heterocycles. The van der Waals surface area contributed by atoms with E-state index in [9.17, 15) is 9.90 Å². The lowest BCUT2D eigenvalue weighted by Gasteiger charge is -2.33. The van der Waals surface area contributed by atoms with Gasteiger partial charge in [-0.15, -0.1) is 0 Å². The number of benzene rings is 1. The minimum Gasteiger partial charge on any atom is -0.387 e. The topological polar surface area (TPSA) is 79.6 Å². The van der Waals surface area contributed by atoms with Gasteiger partial charge in [-0.05, 0) is 24.7 Å². The van der Waals surface area contributed by atoms with Crippen LogP contribution in [-0.4, -0.2) is 60.6 Å². The summed E-state index contributed by atoms with van der Waals surface area (Å²) in [5, 5.41) is 21.4. The average Bonchev–Trinajstić information content (AvgIpc) is 2.50. The predicted molar refractivity (Wildman–Crippen MR) is 84.2 cm³/mol. The third-order valence-electron chi connectivity index (χ3n) is 3.85. The van der Waals surface area contributed by atoms with E-state index in [1.54, 1.807) is 18.2 Å². The Morgan fingerprint density at radius 2 is 1.95 bits per heavy atom. The van der Waals surface area contributed by atoms with Crippen LogP contribution in [0, 0.1) is 11.3 Å². The lowest BCUT2D eigenvalue weighted by atomic mass is 10.1. The molecule has 1 atom stereocenters. The molecule has 1 fully saturated rings. The van der Waals surface area contributed by atoms with Gasteiger partial charge in [-0.2, -0.15) is 5.26 Å². The first-order valence-electron chi connectivity index (χ1n) is 7.44. The van der Waals surface area contributed by atoms with Gasteiger partial charge in [0.15, 0.2) is 0 Å². The van der Waals surface area contributed by atoms with Crippen molar-refractivity contribution in [2.75, 3.05) is 45.1 Å². The van der Waals surface area contributed by atoms with Crippen LogP contribution >= 0.6 is 0 Å². The lowest BCUT2D eigenvalue weighted by Crippen LogP contribution is -2.45. The van der Waals surface area contributed by atoms with Crippen LogP contribution in [0.5, 0.6) is 0 Å². The van der Waals surface area contributed by atoms with E-state index in [4.69, 9.17) is 5.26 Å². The molecule has 0 aromatic heterocycles. The fourth-order valence-corrected chi connectivity index (χ4v) is 2.45. The number of piperazine rings is 1. The second-order valence-corrected chi connectivity index (χ2v) is 5.62. The van der Waals surface area contributed by atoms with Crippen LogP contribution in [0.1, 0.15) is 18.1 Å². The number of rotatable bonds is 5. The largest absolute Gasteiger partial charge is 0.387 e. The number of carbonyl (C=O) groups is 1. The van der Waals surface area contributed by atoms with Crippen LogP contribution in [0.25, 0.3) is 0 Å². The van der Waals surface area contributed by atoms with E-state index < -0.39 is 6.10 Å². The highest BCUT2D eigenvalue weighted by molar-refractivity contribution is 5.91. The zero-order chi connectivity index (χ0) is 15.9. The fourth-order valence-electron chi connectivity index (χ4n) is 2.45. The summed E-state index contributed by atoms with van der Waals surface area (Å²) in [5.41, 5.74) is 1.47. The van der Waals surface area contributed by atoms with E-state index in [1.165, 1.54) is 0 Å². The maximum absolute atomic E-state index is 11.3. The van der Waals surface area contributed by atoms with Gasteiger partial charge in [0.2, 0.25) is 5.91 Å². The second-order valence-electron chi connectivity index (χ2n) is 5.62. The summed E-state index contributed by atoms with van der Waals surface area (Å²) in [6, 6.07) is 8.92. The van der Waals surface area contributed by atoms with Gasteiger partial charge >= 0.3 is 0 Å². The molecule has 1 saturated heterocycles. The highest BCUT2D eigenvalue weighted by Crippen LogP contribution is 2.18. The van der Waals surface area contributed by atoms with Gasteiger partial charge in [-0.25, -0.2) is 0 Å². The molecule has 6 heteroatoms. The monoisotopic (exact) mass is 302 g/mol. The number of nitrogens with one attached hydrogen (secondary N) is 1. The summed E-state index contributed by atoms with van der Waals surface area (Å²) >= 11 is 0. The second kappa shape index (κ2) is 7.90. The van der Waals surface area contributed by atoms with Crippen LogP contribution in [0.15, 0.2) is 24.3 Å². The zero-order valence-electron chi connectivity index (χ0n) is 12.8. The Bertz CT molecular complexity index is 530. The van der Waals surface area contributed by atoms with Gasteiger partial charge in [-0.3, -0.25) is 9.69 Å². The van der Waals surface area contributed by atoms with Gasteiger partial charge in [0.05, 0.1) is 12.2 Å². The molecule has 6 nitrogen and oxygen atoms in total. The van der Waals surface area contributed by atoms with Crippen molar-refractivity contribution in [1.29, 1.82) is 5.26 Å². The molecule has 1 amide bonds. The number of amides is 1. The standard InChI is InChI=1S/C16H22N4O2/c1-19-8-10-20(11-9-19)12-15(21)13-2-4-14(5-3-13)18-16(22)6-7-17/h2-5,15,21H,6,8-12H2,1H3,(H,18,22). The number of aliphatic hydroxyl groups is 1. The number of β-amino-alcohol motifs (C(OH)–C–C–N with tert-alkyl or cyclic N) is 1. The first kappa shape index (κ1) is 16.4. The van der Waals surface area contributed by atoms with Crippen molar-refractivity contribution in [1.82, 2.24) is 9.80 Å². The molecule has 1 aromatic carbocycles. The van der Waals surface area contributed by atoms with Crippen molar-refractivity contribution >= 4 is 11.6 Å². The molecular weight excluding hydrogens is 280 g/mol. The Hall–Kier alpha value is -1.94. The van der Waals surface area contributed by atoms with E-state index in [2.05, 4.69) is 22.2 Å². The fraction of sp³-hybridized carbons (Fsp3) is 0.500. The molecule has 1 aromatic rings. The molecule has 1 aliphatic rings. The zero-order valence-corrected chi connectivity index (χ0v) is 12.8. The maximum atomic E-state index is 11.3. The summed E-state index contributed by atoms with van der Waals surface area (Å²) in [7, 11) is 2.10. The SMILES string of the molecule is CN1CCN(CC(O)c2ccc(NC(=O)CC#N)cc2)CC1. The van der Waals surface area contributed by atoms with Crippen LogP contribution in [-0.2, 0) is 4.79 Å². The Morgan fingerprint density at radius 1 is 1.32 bits per heavy atom. The molecular formula is C16H22N4O2. The van der Waals surface area contributed by atoms with Gasteiger partial charge in [0.1, 0.15) is 6.42 Å². The molecule has 0 radical (unpaired) electrons. The summed E-state index contributed by atoms with van der Waals surface area (Å²) in [5.74, 6) is -0.326. The van der Waals surface area contributed by atoms with Crippen LogP contribution in [0.4, 0.5) is 5.69 Å². The normalized spacial score (nSPS) is 17.7. The Morgan fingerprint density at radius 3 is 2.55 bits per heavy atom. The molecule has 2 rings (SSSR count). The Labute approximate surface area is 130 Å². The first-order valence-corrected chi connectivity index (χ1v) is 7.44. The van der Waals surface area contributed by atoms with Crippen molar-refractivity contribution in [3.8, 4) is 6.07 Å². The van der Waals surface area contributed by atoms with Gasteiger partial charge in [0.25, 0.3) is 0 Å². The number of carbonyl (C=O) groups excluding carboxylic acids is 1. The summed E-state index contributed by atoms with van der Waals surface area (Å²) < 4.78 is 0. The molecule has 1 unspecified atom stereocenters. The summed E-state index contributed by atoms with van der Waals surface area (Å²) in [4.78, 5) is 15.9. The van der Waals surface area contributed by atoms with Crippen molar-refractivity contribution in [2.45, 2.75) is 12.5 Å². The molecule has 0 aliphatic carbocycles. The van der Waals surface area contributed by atoms with Crippen LogP contribution in [0.3, 0.4) is 0 Å². The maximum Gasteiger partial charge on any atom is 0.238 e.